The molecule has 2 aromatic heterocycles. The number of para-hydroxylation sites is 1. The predicted molar refractivity (Wildman–Crippen MR) is 75.2 cm³/mol. The third-order valence-electron chi connectivity index (χ3n) is 3.32. The molecule has 0 N–H and O–H groups in total. The Labute approximate surface area is 110 Å². The van der Waals surface area contributed by atoms with Crippen LogP contribution in [0, 0.1) is 0 Å². The molecule has 0 saturated heterocycles. The molecular weight excluding hydrogens is 238 g/mol. The summed E-state index contributed by atoms with van der Waals surface area (Å²) in [5.41, 5.74) is 2.05. The normalized spacial score (nSPS) is 11.0. The summed E-state index contributed by atoms with van der Waals surface area (Å²) in [6.45, 7) is 3.21. The van der Waals surface area contributed by atoms with E-state index in [1.54, 1.807) is 15.3 Å². The smallest absolute Gasteiger partial charge is 0.300 e. The van der Waals surface area contributed by atoms with Gasteiger partial charge in [-0.25, -0.2) is 4.79 Å². The van der Waals surface area contributed by atoms with Crippen LogP contribution < -0.4 is 5.69 Å². The molecule has 0 saturated carbocycles. The molecule has 0 fully saturated rings. The lowest BCUT2D eigenvalue weighted by Gasteiger charge is -2.05. The molecular formula is C15H15N3O. The van der Waals surface area contributed by atoms with Crippen LogP contribution in [0.1, 0.15) is 12.5 Å². The molecule has 0 spiro atoms. The van der Waals surface area contributed by atoms with E-state index in [9.17, 15) is 4.79 Å². The number of pyridine rings is 1. The highest BCUT2D eigenvalue weighted by Crippen LogP contribution is 2.16. The van der Waals surface area contributed by atoms with Crippen molar-refractivity contribution >= 4 is 10.9 Å². The summed E-state index contributed by atoms with van der Waals surface area (Å²) < 4.78 is 3.41. The Bertz CT molecular complexity index is 765. The molecule has 2 heterocycles. The lowest BCUT2D eigenvalue weighted by atomic mass is 10.1. The van der Waals surface area contributed by atoms with Crippen LogP contribution in [0.3, 0.4) is 0 Å². The Kier molecular flexibility index (Phi) is 2.91. The largest absolute Gasteiger partial charge is 0.328 e. The first kappa shape index (κ1) is 11.7. The van der Waals surface area contributed by atoms with Gasteiger partial charge in [-0.1, -0.05) is 24.3 Å². The summed E-state index contributed by atoms with van der Waals surface area (Å²) in [6, 6.07) is 10.0. The zero-order valence-corrected chi connectivity index (χ0v) is 10.8. The molecule has 0 atom stereocenters. The van der Waals surface area contributed by atoms with Gasteiger partial charge in [-0.2, -0.15) is 0 Å². The molecule has 0 radical (unpaired) electrons. The first-order valence-corrected chi connectivity index (χ1v) is 6.38. The van der Waals surface area contributed by atoms with E-state index < -0.39 is 0 Å². The monoisotopic (exact) mass is 253 g/mol. The lowest BCUT2D eigenvalue weighted by Crippen LogP contribution is -2.23. The van der Waals surface area contributed by atoms with E-state index >= 15 is 0 Å². The minimum absolute atomic E-state index is 0.0236. The third-order valence-corrected chi connectivity index (χ3v) is 3.32. The van der Waals surface area contributed by atoms with Crippen molar-refractivity contribution in [1.29, 1.82) is 0 Å². The van der Waals surface area contributed by atoms with E-state index in [-0.39, 0.29) is 5.69 Å². The van der Waals surface area contributed by atoms with Crippen LogP contribution in [0.5, 0.6) is 0 Å². The van der Waals surface area contributed by atoms with Gasteiger partial charge in [0, 0.05) is 30.5 Å². The number of rotatable bonds is 3. The average Bonchev–Trinajstić information content (AvgIpc) is 2.80. The van der Waals surface area contributed by atoms with Crippen molar-refractivity contribution in [3.8, 4) is 0 Å². The highest BCUT2D eigenvalue weighted by molar-refractivity contribution is 5.81. The van der Waals surface area contributed by atoms with Gasteiger partial charge in [-0.05, 0) is 18.6 Å². The Morgan fingerprint density at radius 2 is 1.89 bits per heavy atom. The van der Waals surface area contributed by atoms with Crippen molar-refractivity contribution in [3.05, 3.63) is 65.0 Å². The summed E-state index contributed by atoms with van der Waals surface area (Å²) in [4.78, 5) is 16.5. The van der Waals surface area contributed by atoms with E-state index in [2.05, 4.69) is 4.98 Å². The molecule has 3 rings (SSSR count). The highest BCUT2D eigenvalue weighted by Gasteiger charge is 2.06. The van der Waals surface area contributed by atoms with Crippen LogP contribution in [0.25, 0.3) is 10.9 Å². The fourth-order valence-electron chi connectivity index (χ4n) is 2.29. The highest BCUT2D eigenvalue weighted by atomic mass is 16.1. The number of nitrogens with zero attached hydrogens (tertiary/aromatic N) is 3. The van der Waals surface area contributed by atoms with Gasteiger partial charge in [0.2, 0.25) is 0 Å². The second kappa shape index (κ2) is 4.72. The van der Waals surface area contributed by atoms with Gasteiger partial charge in [-0.3, -0.25) is 14.1 Å². The number of benzene rings is 1. The van der Waals surface area contributed by atoms with Crippen molar-refractivity contribution in [2.75, 3.05) is 0 Å². The summed E-state index contributed by atoms with van der Waals surface area (Å²) in [7, 11) is 0. The van der Waals surface area contributed by atoms with E-state index in [0.717, 1.165) is 16.5 Å². The first-order valence-electron chi connectivity index (χ1n) is 6.38. The van der Waals surface area contributed by atoms with Crippen LogP contribution >= 0.6 is 0 Å². The number of aryl methyl sites for hydroxylation is 1. The first-order chi connectivity index (χ1) is 9.29. The van der Waals surface area contributed by atoms with Gasteiger partial charge in [0.05, 0.1) is 12.1 Å². The van der Waals surface area contributed by atoms with Crippen LogP contribution in [0.15, 0.2) is 53.7 Å². The summed E-state index contributed by atoms with van der Waals surface area (Å²) >= 11 is 0. The standard InChI is InChI=1S/C15H15N3O/c1-2-17-9-10-18(15(17)19)11-13-6-3-5-12-7-4-8-16-14(12)13/h3-10H,2,11H2,1H3. The van der Waals surface area contributed by atoms with E-state index in [1.165, 1.54) is 0 Å². The minimum atomic E-state index is 0.0236. The molecule has 19 heavy (non-hydrogen) atoms. The molecule has 0 aliphatic carbocycles. The number of imidazole rings is 1. The van der Waals surface area contributed by atoms with Crippen molar-refractivity contribution in [2.24, 2.45) is 0 Å². The van der Waals surface area contributed by atoms with Gasteiger partial charge in [0.1, 0.15) is 0 Å². The van der Waals surface area contributed by atoms with Crippen LogP contribution in [0.2, 0.25) is 0 Å². The molecule has 0 aliphatic heterocycles. The van der Waals surface area contributed by atoms with Gasteiger partial charge < -0.3 is 0 Å². The summed E-state index contributed by atoms with van der Waals surface area (Å²) in [6.07, 6.45) is 5.43. The third kappa shape index (κ3) is 2.05. The summed E-state index contributed by atoms with van der Waals surface area (Å²) in [5.74, 6) is 0. The number of fused-ring (bicyclic) bond motifs is 1. The molecule has 0 unspecified atom stereocenters. The maximum Gasteiger partial charge on any atom is 0.328 e. The van der Waals surface area contributed by atoms with Gasteiger partial charge >= 0.3 is 5.69 Å². The SMILES string of the molecule is CCn1ccn(Cc2cccc3cccnc23)c1=O. The Morgan fingerprint density at radius 1 is 1.11 bits per heavy atom. The zero-order valence-electron chi connectivity index (χ0n) is 10.8. The lowest BCUT2D eigenvalue weighted by molar-refractivity contribution is 0.669. The molecule has 1 aromatic carbocycles. The second-order valence-electron chi connectivity index (χ2n) is 4.49. The molecule has 4 nitrogen and oxygen atoms in total. The van der Waals surface area contributed by atoms with Crippen LogP contribution in [0.4, 0.5) is 0 Å². The fraction of sp³-hybridized carbons (Fsp3) is 0.200. The molecule has 4 heteroatoms. The maximum atomic E-state index is 12.0. The molecule has 96 valence electrons. The predicted octanol–water partition coefficient (Wildman–Crippen LogP) is 2.27. The molecule has 0 aliphatic rings. The van der Waals surface area contributed by atoms with Gasteiger partial charge in [0.25, 0.3) is 0 Å². The quantitative estimate of drug-likeness (QED) is 0.718. The van der Waals surface area contributed by atoms with Crippen molar-refractivity contribution < 1.29 is 0 Å². The maximum absolute atomic E-state index is 12.0. The summed E-state index contributed by atoms with van der Waals surface area (Å²) in [5, 5.41) is 1.10. The average molecular weight is 253 g/mol. The Balaban J connectivity index is 2.06. The van der Waals surface area contributed by atoms with Crippen molar-refractivity contribution in [2.45, 2.75) is 20.0 Å². The van der Waals surface area contributed by atoms with Crippen molar-refractivity contribution in [3.63, 3.8) is 0 Å². The van der Waals surface area contributed by atoms with E-state index in [0.29, 0.717) is 13.1 Å². The van der Waals surface area contributed by atoms with Crippen LogP contribution in [-0.2, 0) is 13.1 Å². The zero-order chi connectivity index (χ0) is 13.2. The van der Waals surface area contributed by atoms with E-state index in [1.807, 2.05) is 49.6 Å². The Morgan fingerprint density at radius 3 is 2.68 bits per heavy atom. The van der Waals surface area contributed by atoms with Gasteiger partial charge in [0.15, 0.2) is 0 Å². The molecule has 0 bridgehead atoms. The molecule has 0 amide bonds. The molecule has 3 aromatic rings. The number of hydrogen-bond acceptors (Lipinski definition) is 2. The van der Waals surface area contributed by atoms with Crippen LogP contribution in [-0.4, -0.2) is 14.1 Å². The minimum Gasteiger partial charge on any atom is -0.300 e. The number of aromatic nitrogens is 3. The topological polar surface area (TPSA) is 39.8 Å². The Hall–Kier alpha value is -2.36. The fourth-order valence-corrected chi connectivity index (χ4v) is 2.29. The van der Waals surface area contributed by atoms with Gasteiger partial charge in [-0.15, -0.1) is 0 Å². The van der Waals surface area contributed by atoms with Crippen molar-refractivity contribution in [1.82, 2.24) is 14.1 Å². The van der Waals surface area contributed by atoms with E-state index in [4.69, 9.17) is 0 Å². The number of hydrogen-bond donors (Lipinski definition) is 0. The second-order valence-corrected chi connectivity index (χ2v) is 4.49.